The topological polar surface area (TPSA) is 91.2 Å². The predicted octanol–water partition coefficient (Wildman–Crippen LogP) is 5.30. The van der Waals surface area contributed by atoms with Gasteiger partial charge in [0.05, 0.1) is 18.1 Å². The molecule has 4 aromatic rings. The summed E-state index contributed by atoms with van der Waals surface area (Å²) in [4.78, 5) is 17.1. The number of aromatic nitrogens is 4. The Morgan fingerprint density at radius 1 is 1.09 bits per heavy atom. The van der Waals surface area contributed by atoms with Crippen molar-refractivity contribution in [2.75, 3.05) is 12.4 Å². The molecule has 10 heteroatoms. The molecular weight excluding hydrogens is 470 g/mol. The molecule has 0 radical (unpaired) electrons. The van der Waals surface area contributed by atoms with Crippen LogP contribution >= 0.6 is 23.1 Å². The molecule has 2 heterocycles. The normalized spacial score (nSPS) is 12.7. The number of carbonyl (C=O) groups excluding carboxylic acids is 1. The number of hydrogen-bond acceptors (Lipinski definition) is 8. The zero-order valence-electron chi connectivity index (χ0n) is 19.3. The number of anilines is 1. The average molecular weight is 496 g/mol. The molecule has 0 spiro atoms. The minimum atomic E-state index is -0.418. The molecular formula is C24H25N5O3S2. The summed E-state index contributed by atoms with van der Waals surface area (Å²) >= 11 is 2.73. The number of rotatable bonds is 9. The van der Waals surface area contributed by atoms with Crippen molar-refractivity contribution in [1.29, 1.82) is 0 Å². The molecule has 0 saturated carbocycles. The number of para-hydroxylation sites is 1. The van der Waals surface area contributed by atoms with E-state index in [9.17, 15) is 4.79 Å². The van der Waals surface area contributed by atoms with E-state index in [2.05, 4.69) is 20.5 Å². The molecule has 2 aromatic carbocycles. The fourth-order valence-corrected chi connectivity index (χ4v) is 4.77. The van der Waals surface area contributed by atoms with Crippen LogP contribution < -0.4 is 14.8 Å². The lowest BCUT2D eigenvalue weighted by Crippen LogP contribution is -2.23. The summed E-state index contributed by atoms with van der Waals surface area (Å²) in [5.74, 6) is 1.85. The molecule has 1 N–H and O–H groups in total. The number of aryl methyl sites for hydroxylation is 1. The fraction of sp³-hybridized carbons (Fsp3) is 0.250. The Kier molecular flexibility index (Phi) is 7.49. The maximum Gasteiger partial charge on any atom is 0.239 e. The lowest BCUT2D eigenvalue weighted by Gasteiger charge is -2.18. The summed E-state index contributed by atoms with van der Waals surface area (Å²) in [6.45, 7) is 5.64. The Bertz CT molecular complexity index is 1260. The quantitative estimate of drug-likeness (QED) is 0.315. The third-order valence-corrected chi connectivity index (χ3v) is 6.81. The number of benzene rings is 2. The van der Waals surface area contributed by atoms with Gasteiger partial charge in [-0.3, -0.25) is 9.36 Å². The molecule has 0 aliphatic heterocycles. The van der Waals surface area contributed by atoms with E-state index in [1.807, 2.05) is 85.3 Å². The Morgan fingerprint density at radius 2 is 1.85 bits per heavy atom. The number of methoxy groups -OCH3 is 1. The van der Waals surface area contributed by atoms with Gasteiger partial charge in [-0.25, -0.2) is 4.98 Å². The van der Waals surface area contributed by atoms with Crippen LogP contribution in [-0.2, 0) is 4.79 Å². The number of nitrogens with zero attached hydrogens (tertiary/aromatic N) is 4. The highest BCUT2D eigenvalue weighted by Crippen LogP contribution is 2.31. The van der Waals surface area contributed by atoms with Gasteiger partial charge in [0, 0.05) is 17.1 Å². The molecule has 2 atom stereocenters. The Morgan fingerprint density at radius 3 is 2.56 bits per heavy atom. The van der Waals surface area contributed by atoms with Gasteiger partial charge in [0.1, 0.15) is 11.5 Å². The number of thioether (sulfide) groups is 1. The lowest BCUT2D eigenvalue weighted by molar-refractivity contribution is -0.115. The van der Waals surface area contributed by atoms with E-state index >= 15 is 0 Å². The zero-order chi connectivity index (χ0) is 24.1. The van der Waals surface area contributed by atoms with E-state index in [1.54, 1.807) is 7.11 Å². The fourth-order valence-electron chi connectivity index (χ4n) is 3.20. The first-order valence-electron chi connectivity index (χ1n) is 10.7. The maximum absolute atomic E-state index is 12.8. The van der Waals surface area contributed by atoms with Crippen molar-refractivity contribution in [2.24, 2.45) is 0 Å². The molecule has 0 aliphatic rings. The van der Waals surface area contributed by atoms with E-state index in [1.165, 1.54) is 23.1 Å². The third kappa shape index (κ3) is 5.57. The van der Waals surface area contributed by atoms with Gasteiger partial charge in [-0.05, 0) is 45.0 Å². The molecule has 8 nitrogen and oxygen atoms in total. The second kappa shape index (κ2) is 10.7. The van der Waals surface area contributed by atoms with Gasteiger partial charge in [-0.15, -0.1) is 21.5 Å². The molecule has 2 aromatic heterocycles. The Hall–Kier alpha value is -3.37. The number of ether oxygens (including phenoxy) is 2. The van der Waals surface area contributed by atoms with Crippen molar-refractivity contribution >= 4 is 34.1 Å². The van der Waals surface area contributed by atoms with Gasteiger partial charge in [-0.1, -0.05) is 36.0 Å². The van der Waals surface area contributed by atoms with Crippen molar-refractivity contribution in [3.05, 3.63) is 71.5 Å². The van der Waals surface area contributed by atoms with Gasteiger partial charge in [0.15, 0.2) is 22.2 Å². The number of hydrogen-bond donors (Lipinski definition) is 1. The summed E-state index contributed by atoms with van der Waals surface area (Å²) in [5.41, 5.74) is 1.76. The van der Waals surface area contributed by atoms with E-state index in [-0.39, 0.29) is 5.91 Å². The highest BCUT2D eigenvalue weighted by molar-refractivity contribution is 8.00. The van der Waals surface area contributed by atoms with Crippen LogP contribution in [0.2, 0.25) is 0 Å². The van der Waals surface area contributed by atoms with Crippen molar-refractivity contribution in [1.82, 2.24) is 19.7 Å². The molecule has 1 amide bonds. The molecule has 0 saturated heterocycles. The van der Waals surface area contributed by atoms with E-state index in [4.69, 9.17) is 9.47 Å². The van der Waals surface area contributed by atoms with Crippen LogP contribution in [0.4, 0.5) is 5.13 Å². The molecule has 34 heavy (non-hydrogen) atoms. The summed E-state index contributed by atoms with van der Waals surface area (Å²) in [6.07, 6.45) is -0.406. The number of thiazole rings is 1. The van der Waals surface area contributed by atoms with Crippen LogP contribution in [0.5, 0.6) is 11.5 Å². The van der Waals surface area contributed by atoms with E-state index in [0.717, 1.165) is 11.4 Å². The van der Waals surface area contributed by atoms with Crippen LogP contribution in [0.3, 0.4) is 0 Å². The molecule has 176 valence electrons. The van der Waals surface area contributed by atoms with Crippen molar-refractivity contribution in [3.63, 3.8) is 0 Å². The van der Waals surface area contributed by atoms with Gasteiger partial charge in [-0.2, -0.15) is 0 Å². The average Bonchev–Trinajstić information content (AvgIpc) is 3.45. The highest BCUT2D eigenvalue weighted by atomic mass is 32.2. The van der Waals surface area contributed by atoms with E-state index < -0.39 is 11.4 Å². The van der Waals surface area contributed by atoms with Crippen LogP contribution in [0.15, 0.2) is 65.1 Å². The van der Waals surface area contributed by atoms with Crippen LogP contribution in [-0.4, -0.2) is 38.0 Å². The summed E-state index contributed by atoms with van der Waals surface area (Å²) in [6, 6.07) is 17.2. The zero-order valence-corrected chi connectivity index (χ0v) is 20.9. The van der Waals surface area contributed by atoms with Crippen molar-refractivity contribution in [2.45, 2.75) is 37.3 Å². The first-order valence-corrected chi connectivity index (χ1v) is 12.4. The standard InChI is InChI=1S/C24H25N5O3S2/c1-15-14-33-23(25-15)26-22(30)17(3)34-24-28-27-21(29(24)18-9-6-5-7-10-18)16(2)32-20-12-8-11-19(13-20)31-4/h5-14,16-17H,1-4H3,(H,25,26,30). The van der Waals surface area contributed by atoms with Gasteiger partial charge in [0.25, 0.3) is 0 Å². The summed E-state index contributed by atoms with van der Waals surface area (Å²) in [5, 5.41) is 14.4. The van der Waals surface area contributed by atoms with E-state index in [0.29, 0.717) is 27.6 Å². The highest BCUT2D eigenvalue weighted by Gasteiger charge is 2.25. The Balaban J connectivity index is 1.58. The number of nitrogens with one attached hydrogen (secondary N) is 1. The summed E-state index contributed by atoms with van der Waals surface area (Å²) < 4.78 is 13.4. The lowest BCUT2D eigenvalue weighted by atomic mass is 10.3. The van der Waals surface area contributed by atoms with Crippen molar-refractivity contribution < 1.29 is 14.3 Å². The minimum absolute atomic E-state index is 0.149. The number of amides is 1. The summed E-state index contributed by atoms with van der Waals surface area (Å²) in [7, 11) is 1.62. The second-order valence-electron chi connectivity index (χ2n) is 7.49. The third-order valence-electron chi connectivity index (χ3n) is 4.89. The van der Waals surface area contributed by atoms with Crippen LogP contribution in [0, 0.1) is 6.92 Å². The van der Waals surface area contributed by atoms with Crippen LogP contribution in [0.1, 0.15) is 31.5 Å². The Labute approximate surface area is 206 Å². The van der Waals surface area contributed by atoms with Gasteiger partial charge >= 0.3 is 0 Å². The van der Waals surface area contributed by atoms with Gasteiger partial charge in [0.2, 0.25) is 5.91 Å². The molecule has 0 aliphatic carbocycles. The SMILES string of the molecule is COc1cccc(OC(C)c2nnc(SC(C)C(=O)Nc3nc(C)cs3)n2-c2ccccc2)c1. The monoisotopic (exact) mass is 495 g/mol. The first kappa shape index (κ1) is 23.8. The largest absolute Gasteiger partial charge is 0.497 e. The van der Waals surface area contributed by atoms with Gasteiger partial charge < -0.3 is 14.8 Å². The van der Waals surface area contributed by atoms with Crippen molar-refractivity contribution in [3.8, 4) is 17.2 Å². The molecule has 0 bridgehead atoms. The first-order chi connectivity index (χ1) is 16.4. The molecule has 2 unspecified atom stereocenters. The molecule has 4 rings (SSSR count). The smallest absolute Gasteiger partial charge is 0.239 e. The minimum Gasteiger partial charge on any atom is -0.497 e. The van der Waals surface area contributed by atoms with Crippen LogP contribution in [0.25, 0.3) is 5.69 Å². The number of carbonyl (C=O) groups is 1. The second-order valence-corrected chi connectivity index (χ2v) is 9.66. The molecule has 0 fully saturated rings. The predicted molar refractivity (Wildman–Crippen MR) is 134 cm³/mol. The maximum atomic E-state index is 12.8.